The minimum absolute atomic E-state index is 0.0375. The van der Waals surface area contributed by atoms with Crippen molar-refractivity contribution >= 4 is 27.7 Å². The number of pyridine rings is 1. The van der Waals surface area contributed by atoms with Gasteiger partial charge in [0.15, 0.2) is 0 Å². The third-order valence-corrected chi connectivity index (χ3v) is 6.43. The van der Waals surface area contributed by atoms with Gasteiger partial charge in [-0.3, -0.25) is 4.90 Å². The molecule has 1 fully saturated rings. The molecule has 1 aliphatic rings. The molecule has 7 nitrogen and oxygen atoms in total. The maximum atomic E-state index is 12.2. The summed E-state index contributed by atoms with van der Waals surface area (Å²) in [5.74, 6) is -0.520. The molecule has 5 rings (SSSR count). The number of phenols is 1. The van der Waals surface area contributed by atoms with Crippen LogP contribution in [0.3, 0.4) is 0 Å². The molecule has 176 valence electrons. The number of hydrogen-bond donors (Lipinski definition) is 2. The van der Waals surface area contributed by atoms with E-state index in [4.69, 9.17) is 9.15 Å². The third kappa shape index (κ3) is 3.86. The number of likely N-dealkylation sites (tertiary alicyclic amines) is 1. The van der Waals surface area contributed by atoms with Crippen LogP contribution in [0, 0.1) is 0 Å². The molecule has 0 aliphatic carbocycles. The van der Waals surface area contributed by atoms with Crippen LogP contribution in [0.25, 0.3) is 21.7 Å². The van der Waals surface area contributed by atoms with E-state index in [0.29, 0.717) is 33.2 Å². The zero-order valence-electron chi connectivity index (χ0n) is 19.3. The number of fused-ring (bicyclic) bond motifs is 3. The van der Waals surface area contributed by atoms with Crippen LogP contribution < -0.4 is 4.74 Å². The number of carbonyl (C=O) groups is 1. The van der Waals surface area contributed by atoms with Crippen molar-refractivity contribution in [3.05, 3.63) is 65.5 Å². The van der Waals surface area contributed by atoms with Crippen molar-refractivity contribution in [1.29, 1.82) is 0 Å². The van der Waals surface area contributed by atoms with Gasteiger partial charge in [-0.05, 0) is 51.4 Å². The summed E-state index contributed by atoms with van der Waals surface area (Å²) in [5, 5.41) is 23.4. The molecule has 2 N–H and O–H groups in total. The zero-order chi connectivity index (χ0) is 23.8. The minimum atomic E-state index is -1.09. The Hall–Kier alpha value is -3.58. The molecule has 0 radical (unpaired) electrons. The molecule has 4 aromatic rings. The van der Waals surface area contributed by atoms with Crippen molar-refractivity contribution in [2.45, 2.75) is 45.3 Å². The molecule has 0 amide bonds. The van der Waals surface area contributed by atoms with Gasteiger partial charge >= 0.3 is 5.97 Å². The van der Waals surface area contributed by atoms with E-state index in [-0.39, 0.29) is 23.5 Å². The fourth-order valence-corrected chi connectivity index (χ4v) is 5.04. The fourth-order valence-electron chi connectivity index (χ4n) is 5.04. The summed E-state index contributed by atoms with van der Waals surface area (Å²) in [6, 6.07) is 10.8. The highest BCUT2D eigenvalue weighted by Gasteiger charge is 2.33. The molecule has 0 saturated carbocycles. The van der Waals surface area contributed by atoms with Crippen LogP contribution in [-0.4, -0.2) is 45.3 Å². The van der Waals surface area contributed by atoms with Gasteiger partial charge in [-0.2, -0.15) is 0 Å². The molecule has 1 atom stereocenters. The van der Waals surface area contributed by atoms with Crippen LogP contribution in [-0.2, 0) is 0 Å². The summed E-state index contributed by atoms with van der Waals surface area (Å²) in [4.78, 5) is 18.9. The average molecular weight is 461 g/mol. The smallest absolute Gasteiger partial charge is 0.339 e. The van der Waals surface area contributed by atoms with Crippen molar-refractivity contribution in [2.75, 3.05) is 13.1 Å². The first-order valence-corrected chi connectivity index (χ1v) is 11.7. The van der Waals surface area contributed by atoms with Gasteiger partial charge < -0.3 is 19.4 Å². The van der Waals surface area contributed by atoms with Crippen molar-refractivity contribution < 1.29 is 24.2 Å². The number of rotatable bonds is 6. The number of furan rings is 1. The fraction of sp³-hybridized carbons (Fsp3) is 0.333. The first-order chi connectivity index (χ1) is 16.5. The number of phenolic OH excluding ortho intramolecular Hbond substituents is 1. The first kappa shape index (κ1) is 22.2. The highest BCUT2D eigenvalue weighted by molar-refractivity contribution is 6.15. The van der Waals surface area contributed by atoms with Gasteiger partial charge in [-0.1, -0.05) is 30.7 Å². The largest absolute Gasteiger partial charge is 0.507 e. The lowest BCUT2D eigenvalue weighted by molar-refractivity contribution is 0.0697. The van der Waals surface area contributed by atoms with Gasteiger partial charge in [-0.15, -0.1) is 0 Å². The van der Waals surface area contributed by atoms with E-state index in [1.165, 1.54) is 6.26 Å². The van der Waals surface area contributed by atoms with E-state index in [9.17, 15) is 15.0 Å². The first-order valence-electron chi connectivity index (χ1n) is 11.7. The SMILES string of the molecule is CC(C)Oc1cc(C(c2c(O)c3ccccc3c3occ(C(=O)O)c23)N2CCCCC2)ccn1. The van der Waals surface area contributed by atoms with E-state index in [1.807, 2.05) is 50.2 Å². The van der Waals surface area contributed by atoms with E-state index in [0.717, 1.165) is 37.9 Å². The summed E-state index contributed by atoms with van der Waals surface area (Å²) in [6.45, 7) is 5.56. The molecule has 2 aromatic carbocycles. The van der Waals surface area contributed by atoms with E-state index < -0.39 is 5.97 Å². The lowest BCUT2D eigenvalue weighted by Gasteiger charge is -2.36. The second-order valence-electron chi connectivity index (χ2n) is 9.06. The molecular formula is C27H28N2O5. The van der Waals surface area contributed by atoms with E-state index >= 15 is 0 Å². The normalized spacial score (nSPS) is 15.7. The summed E-state index contributed by atoms with van der Waals surface area (Å²) in [7, 11) is 0. The predicted octanol–water partition coefficient (Wildman–Crippen LogP) is 5.75. The highest BCUT2D eigenvalue weighted by atomic mass is 16.5. The van der Waals surface area contributed by atoms with Crippen LogP contribution >= 0.6 is 0 Å². The Morgan fingerprint density at radius 2 is 1.85 bits per heavy atom. The second kappa shape index (κ2) is 8.99. The number of carboxylic acids is 1. The van der Waals surface area contributed by atoms with Gasteiger partial charge in [0.1, 0.15) is 23.2 Å². The van der Waals surface area contributed by atoms with Crippen LogP contribution in [0.2, 0.25) is 0 Å². The molecule has 1 aliphatic heterocycles. The van der Waals surface area contributed by atoms with Crippen molar-refractivity contribution in [1.82, 2.24) is 9.88 Å². The molecular weight excluding hydrogens is 432 g/mol. The Balaban J connectivity index is 1.83. The Kier molecular flexibility index (Phi) is 5.87. The van der Waals surface area contributed by atoms with Crippen molar-refractivity contribution in [3.8, 4) is 11.6 Å². The molecule has 1 saturated heterocycles. The quantitative estimate of drug-likeness (QED) is 0.378. The number of piperidine rings is 1. The van der Waals surface area contributed by atoms with Gasteiger partial charge in [0.05, 0.1) is 12.1 Å². The molecule has 2 aromatic heterocycles. The summed E-state index contributed by atoms with van der Waals surface area (Å²) < 4.78 is 11.7. The molecule has 34 heavy (non-hydrogen) atoms. The van der Waals surface area contributed by atoms with E-state index in [2.05, 4.69) is 9.88 Å². The van der Waals surface area contributed by atoms with Gasteiger partial charge in [-0.25, -0.2) is 9.78 Å². The van der Waals surface area contributed by atoms with Crippen LogP contribution in [0.4, 0.5) is 0 Å². The number of aromatic carboxylic acids is 1. The molecule has 7 heteroatoms. The minimum Gasteiger partial charge on any atom is -0.507 e. The van der Waals surface area contributed by atoms with Gasteiger partial charge in [0, 0.05) is 34.0 Å². The summed E-state index contributed by atoms with van der Waals surface area (Å²) in [6.07, 6.45) is 6.15. The number of hydrogen-bond acceptors (Lipinski definition) is 6. The van der Waals surface area contributed by atoms with Crippen molar-refractivity contribution in [3.63, 3.8) is 0 Å². The number of ether oxygens (including phenoxy) is 1. The lowest BCUT2D eigenvalue weighted by Crippen LogP contribution is -2.34. The van der Waals surface area contributed by atoms with Crippen LogP contribution in [0.1, 0.15) is 60.6 Å². The van der Waals surface area contributed by atoms with Crippen LogP contribution in [0.5, 0.6) is 11.6 Å². The molecule has 1 unspecified atom stereocenters. The molecule has 3 heterocycles. The number of aromatic hydroxyl groups is 1. The number of carboxylic acid groups (broad SMARTS) is 1. The topological polar surface area (TPSA) is 96.0 Å². The van der Waals surface area contributed by atoms with Crippen molar-refractivity contribution in [2.24, 2.45) is 0 Å². The number of benzene rings is 2. The standard InChI is InChI=1S/C27H28N2O5/c1-16(2)34-21-14-17(10-11-28-21)24(29-12-6-3-7-13-29)23-22-20(27(31)32)15-33-26(22)19-9-5-4-8-18(19)25(23)30/h4-5,8-11,14-16,24,30H,3,6-7,12-13H2,1-2H3,(H,31,32). The Labute approximate surface area is 197 Å². The maximum Gasteiger partial charge on any atom is 0.339 e. The average Bonchev–Trinajstić information content (AvgIpc) is 3.27. The Bertz CT molecular complexity index is 1350. The van der Waals surface area contributed by atoms with Crippen LogP contribution in [0.15, 0.2) is 53.3 Å². The Morgan fingerprint density at radius 3 is 2.56 bits per heavy atom. The molecule has 0 bridgehead atoms. The number of nitrogens with zero attached hydrogens (tertiary/aromatic N) is 2. The van der Waals surface area contributed by atoms with E-state index in [1.54, 1.807) is 6.20 Å². The maximum absolute atomic E-state index is 12.2. The highest BCUT2D eigenvalue weighted by Crippen LogP contribution is 2.47. The monoisotopic (exact) mass is 460 g/mol. The molecule has 0 spiro atoms. The lowest BCUT2D eigenvalue weighted by atomic mass is 9.88. The summed E-state index contributed by atoms with van der Waals surface area (Å²) in [5.41, 5.74) is 1.94. The number of aromatic nitrogens is 1. The van der Waals surface area contributed by atoms with Gasteiger partial charge in [0.25, 0.3) is 0 Å². The third-order valence-electron chi connectivity index (χ3n) is 6.43. The second-order valence-corrected chi connectivity index (χ2v) is 9.06. The van der Waals surface area contributed by atoms with Gasteiger partial charge in [0.2, 0.25) is 5.88 Å². The zero-order valence-corrected chi connectivity index (χ0v) is 19.3. The summed E-state index contributed by atoms with van der Waals surface area (Å²) >= 11 is 0. The predicted molar refractivity (Wildman–Crippen MR) is 130 cm³/mol. The Morgan fingerprint density at radius 1 is 1.12 bits per heavy atom.